The highest BCUT2D eigenvalue weighted by Crippen LogP contribution is 2.46. The molecule has 1 saturated carbocycles. The van der Waals surface area contributed by atoms with Crippen molar-refractivity contribution in [3.63, 3.8) is 0 Å². The van der Waals surface area contributed by atoms with Crippen LogP contribution in [0.5, 0.6) is 0 Å². The number of amides is 1. The van der Waals surface area contributed by atoms with Gasteiger partial charge >= 0.3 is 5.97 Å². The highest BCUT2D eigenvalue weighted by Gasteiger charge is 2.49. The largest absolute Gasteiger partial charge is 0.481 e. The quantitative estimate of drug-likeness (QED) is 0.928. The predicted octanol–water partition coefficient (Wildman–Crippen LogP) is 2.86. The van der Waals surface area contributed by atoms with Crippen molar-refractivity contribution in [2.75, 3.05) is 6.54 Å². The van der Waals surface area contributed by atoms with Crippen LogP contribution in [0.1, 0.15) is 38.2 Å². The van der Waals surface area contributed by atoms with Gasteiger partial charge in [-0.05, 0) is 50.3 Å². The molecule has 3 rings (SSSR count). The minimum Gasteiger partial charge on any atom is -0.481 e. The minimum absolute atomic E-state index is 0.0456. The minimum atomic E-state index is -0.833. The molecule has 23 heavy (non-hydrogen) atoms. The van der Waals surface area contributed by atoms with Crippen molar-refractivity contribution < 1.29 is 19.1 Å². The zero-order chi connectivity index (χ0) is 16.6. The normalized spacial score (nSPS) is 25.9. The van der Waals surface area contributed by atoms with Crippen molar-refractivity contribution in [3.8, 4) is 0 Å². The van der Waals surface area contributed by atoms with Crippen molar-refractivity contribution in [2.24, 2.45) is 11.3 Å². The Bertz CT molecular complexity index is 626. The molecule has 5 heteroatoms. The topological polar surface area (TPSA) is 57.6 Å². The first-order valence-corrected chi connectivity index (χ1v) is 8.21. The molecule has 1 heterocycles. The Morgan fingerprint density at radius 3 is 2.65 bits per heavy atom. The van der Waals surface area contributed by atoms with Gasteiger partial charge in [-0.1, -0.05) is 18.6 Å². The molecule has 124 valence electrons. The summed E-state index contributed by atoms with van der Waals surface area (Å²) in [7, 11) is 0. The summed E-state index contributed by atoms with van der Waals surface area (Å²) >= 11 is 0. The lowest BCUT2D eigenvalue weighted by molar-refractivity contribution is -0.150. The summed E-state index contributed by atoms with van der Waals surface area (Å²) in [4.78, 5) is 26.1. The molecule has 2 aliphatic rings. The molecule has 4 nitrogen and oxygen atoms in total. The zero-order valence-corrected chi connectivity index (χ0v) is 13.3. The summed E-state index contributed by atoms with van der Waals surface area (Å²) in [5.41, 5.74) is 0.356. The SMILES string of the molecule is CC1C(C(=O)O)CCN1C(=O)C1(Cc2cccc(F)c2)CCC1. The number of nitrogens with zero attached hydrogens (tertiary/aromatic N) is 1. The van der Waals surface area contributed by atoms with Crippen LogP contribution in [-0.2, 0) is 16.0 Å². The van der Waals surface area contributed by atoms with E-state index in [-0.39, 0.29) is 17.8 Å². The van der Waals surface area contributed by atoms with Crippen LogP contribution in [0.2, 0.25) is 0 Å². The Kier molecular flexibility index (Phi) is 4.13. The van der Waals surface area contributed by atoms with E-state index >= 15 is 0 Å². The molecule has 2 atom stereocenters. The third-order valence-corrected chi connectivity index (χ3v) is 5.53. The van der Waals surface area contributed by atoms with E-state index in [2.05, 4.69) is 0 Å². The van der Waals surface area contributed by atoms with E-state index in [9.17, 15) is 19.1 Å². The van der Waals surface area contributed by atoms with Gasteiger partial charge in [0, 0.05) is 12.6 Å². The van der Waals surface area contributed by atoms with Crippen molar-refractivity contribution in [3.05, 3.63) is 35.6 Å². The van der Waals surface area contributed by atoms with E-state index in [0.29, 0.717) is 19.4 Å². The van der Waals surface area contributed by atoms with Gasteiger partial charge in [0.05, 0.1) is 11.3 Å². The molecule has 2 unspecified atom stereocenters. The smallest absolute Gasteiger partial charge is 0.308 e. The average molecular weight is 319 g/mol. The predicted molar refractivity (Wildman–Crippen MR) is 83.3 cm³/mol. The van der Waals surface area contributed by atoms with Gasteiger partial charge in [-0.15, -0.1) is 0 Å². The lowest BCUT2D eigenvalue weighted by atomic mass is 9.64. The molecular weight excluding hydrogens is 297 g/mol. The number of carboxylic acid groups (broad SMARTS) is 1. The summed E-state index contributed by atoms with van der Waals surface area (Å²) < 4.78 is 13.4. The molecule has 0 radical (unpaired) electrons. The van der Waals surface area contributed by atoms with Crippen molar-refractivity contribution in [1.29, 1.82) is 0 Å². The molecule has 1 saturated heterocycles. The van der Waals surface area contributed by atoms with Gasteiger partial charge in [0.15, 0.2) is 0 Å². The summed E-state index contributed by atoms with van der Waals surface area (Å²) in [5.74, 6) is -1.56. The molecule has 0 aromatic heterocycles. The Labute approximate surface area is 135 Å². The Morgan fingerprint density at radius 2 is 2.13 bits per heavy atom. The maximum Gasteiger partial charge on any atom is 0.308 e. The van der Waals surface area contributed by atoms with E-state index in [1.54, 1.807) is 11.0 Å². The number of hydrogen-bond donors (Lipinski definition) is 1. The summed E-state index contributed by atoms with van der Waals surface area (Å²) in [6.07, 6.45) is 3.63. The van der Waals surface area contributed by atoms with Crippen molar-refractivity contribution in [1.82, 2.24) is 4.90 Å². The van der Waals surface area contributed by atoms with E-state index in [4.69, 9.17) is 0 Å². The summed E-state index contributed by atoms with van der Waals surface area (Å²) in [5, 5.41) is 9.24. The van der Waals surface area contributed by atoms with Gasteiger partial charge in [0.1, 0.15) is 5.82 Å². The van der Waals surface area contributed by atoms with Gasteiger partial charge in [-0.25, -0.2) is 4.39 Å². The number of aliphatic carboxylic acids is 1. The summed E-state index contributed by atoms with van der Waals surface area (Å²) in [6.45, 7) is 2.32. The average Bonchev–Trinajstić information content (AvgIpc) is 2.84. The fourth-order valence-corrected chi connectivity index (χ4v) is 3.97. The Hall–Kier alpha value is -1.91. The van der Waals surface area contributed by atoms with Gasteiger partial charge in [0.25, 0.3) is 0 Å². The first-order chi connectivity index (χ1) is 10.9. The van der Waals surface area contributed by atoms with Crippen LogP contribution in [0, 0.1) is 17.2 Å². The molecular formula is C18H22FNO3. The number of rotatable bonds is 4. The molecule has 1 aliphatic heterocycles. The zero-order valence-electron chi connectivity index (χ0n) is 13.3. The second-order valence-corrected chi connectivity index (χ2v) is 6.91. The molecule has 1 aliphatic carbocycles. The molecule has 1 aromatic carbocycles. The lowest BCUT2D eigenvalue weighted by Gasteiger charge is -2.44. The van der Waals surface area contributed by atoms with Crippen molar-refractivity contribution in [2.45, 2.75) is 45.1 Å². The molecule has 2 fully saturated rings. The van der Waals surface area contributed by atoms with E-state index in [0.717, 1.165) is 24.8 Å². The number of carbonyl (C=O) groups excluding carboxylic acids is 1. The summed E-state index contributed by atoms with van der Waals surface area (Å²) in [6, 6.07) is 6.13. The van der Waals surface area contributed by atoms with Crippen LogP contribution < -0.4 is 0 Å². The second kappa shape index (κ2) is 5.95. The number of benzene rings is 1. The van der Waals surface area contributed by atoms with Crippen LogP contribution in [0.15, 0.2) is 24.3 Å². The first-order valence-electron chi connectivity index (χ1n) is 8.21. The number of hydrogen-bond acceptors (Lipinski definition) is 2. The van der Waals surface area contributed by atoms with Crippen LogP contribution in [0.4, 0.5) is 4.39 Å². The van der Waals surface area contributed by atoms with Crippen LogP contribution in [0.3, 0.4) is 0 Å². The van der Waals surface area contributed by atoms with Gasteiger partial charge in [-0.3, -0.25) is 9.59 Å². The van der Waals surface area contributed by atoms with Crippen LogP contribution in [0.25, 0.3) is 0 Å². The fourth-order valence-electron chi connectivity index (χ4n) is 3.97. The van der Waals surface area contributed by atoms with E-state index in [1.165, 1.54) is 12.1 Å². The van der Waals surface area contributed by atoms with Crippen LogP contribution in [-0.4, -0.2) is 34.5 Å². The van der Waals surface area contributed by atoms with Gasteiger partial charge < -0.3 is 10.0 Å². The van der Waals surface area contributed by atoms with E-state index in [1.807, 2.05) is 13.0 Å². The number of halogens is 1. The maximum atomic E-state index is 13.4. The maximum absolute atomic E-state index is 13.4. The van der Waals surface area contributed by atoms with Crippen LogP contribution >= 0.6 is 0 Å². The van der Waals surface area contributed by atoms with Gasteiger partial charge in [0.2, 0.25) is 5.91 Å². The highest BCUT2D eigenvalue weighted by molar-refractivity contribution is 5.85. The number of likely N-dealkylation sites (tertiary alicyclic amines) is 1. The number of carboxylic acids is 1. The monoisotopic (exact) mass is 319 g/mol. The molecule has 1 amide bonds. The number of carbonyl (C=O) groups is 2. The lowest BCUT2D eigenvalue weighted by Crippen LogP contribution is -2.51. The standard InChI is InChI=1S/C18H22FNO3/c1-12-15(16(21)22)6-9-20(12)17(23)18(7-3-8-18)11-13-4-2-5-14(19)10-13/h2,4-5,10,12,15H,3,6-9,11H2,1H3,(H,21,22). The van der Waals surface area contributed by atoms with Gasteiger partial charge in [-0.2, -0.15) is 0 Å². The molecule has 0 bridgehead atoms. The molecule has 1 N–H and O–H groups in total. The Balaban J connectivity index is 1.78. The third-order valence-electron chi connectivity index (χ3n) is 5.53. The second-order valence-electron chi connectivity index (χ2n) is 6.91. The Morgan fingerprint density at radius 1 is 1.39 bits per heavy atom. The molecule has 1 aromatic rings. The van der Waals surface area contributed by atoms with E-state index < -0.39 is 17.3 Å². The highest BCUT2D eigenvalue weighted by atomic mass is 19.1. The first kappa shape index (κ1) is 16.0. The fraction of sp³-hybridized carbons (Fsp3) is 0.556. The van der Waals surface area contributed by atoms with Crippen molar-refractivity contribution >= 4 is 11.9 Å². The third kappa shape index (κ3) is 2.84. The molecule has 0 spiro atoms.